The van der Waals surface area contributed by atoms with E-state index in [4.69, 9.17) is 11.5 Å². The molecule has 3 rings (SSSR count). The molecule has 0 aromatic heterocycles. The van der Waals surface area contributed by atoms with Gasteiger partial charge < -0.3 is 16.6 Å². The molecule has 0 amide bonds. The SMILES string of the molecule is NC1=NC2(CCCCC2)N(c2cc(C(=O)O)ccc2Br)C(N)=N1. The second-order valence-corrected chi connectivity index (χ2v) is 6.64. The third kappa shape index (κ3) is 2.78. The summed E-state index contributed by atoms with van der Waals surface area (Å²) in [5, 5.41) is 9.27. The summed E-state index contributed by atoms with van der Waals surface area (Å²) in [4.78, 5) is 21.8. The summed E-state index contributed by atoms with van der Waals surface area (Å²) in [7, 11) is 0. The average Bonchev–Trinajstić information content (AvgIpc) is 2.48. The number of hydrogen-bond acceptors (Lipinski definition) is 6. The van der Waals surface area contributed by atoms with E-state index in [-0.39, 0.29) is 17.5 Å². The molecule has 1 heterocycles. The number of carboxylic acid groups (broad SMARTS) is 1. The molecule has 7 nitrogen and oxygen atoms in total. The number of carboxylic acids is 1. The quantitative estimate of drug-likeness (QED) is 0.728. The fourth-order valence-electron chi connectivity index (χ4n) is 3.29. The summed E-state index contributed by atoms with van der Waals surface area (Å²) in [6.07, 6.45) is 4.76. The molecule has 0 unspecified atom stereocenters. The van der Waals surface area contributed by atoms with Crippen LogP contribution in [0, 0.1) is 0 Å². The predicted octanol–water partition coefficient (Wildman–Crippen LogP) is 2.26. The first-order chi connectivity index (χ1) is 10.9. The van der Waals surface area contributed by atoms with Gasteiger partial charge in [-0.05, 0) is 59.8 Å². The van der Waals surface area contributed by atoms with Crippen LogP contribution in [0.4, 0.5) is 5.69 Å². The molecule has 1 aliphatic heterocycles. The Hall–Kier alpha value is -2.09. The molecule has 8 heteroatoms. The highest BCUT2D eigenvalue weighted by Gasteiger charge is 2.43. The van der Waals surface area contributed by atoms with Crippen molar-refractivity contribution in [3.63, 3.8) is 0 Å². The van der Waals surface area contributed by atoms with Crippen LogP contribution in [-0.4, -0.2) is 28.7 Å². The van der Waals surface area contributed by atoms with Crippen LogP contribution in [0.2, 0.25) is 0 Å². The molecule has 122 valence electrons. The normalized spacial score (nSPS) is 20.1. The number of aromatic carboxylic acids is 1. The van der Waals surface area contributed by atoms with Crippen LogP contribution < -0.4 is 16.4 Å². The molecule has 1 aromatic rings. The van der Waals surface area contributed by atoms with Crippen molar-refractivity contribution in [1.82, 2.24) is 0 Å². The minimum absolute atomic E-state index is 0.172. The Labute approximate surface area is 142 Å². The Bertz CT molecular complexity index is 710. The molecule has 23 heavy (non-hydrogen) atoms. The standard InChI is InChI=1S/C15H18BrN5O2/c16-10-5-4-9(12(22)23)8-11(10)21-14(18)19-13(17)20-15(21)6-2-1-3-7-15/h4-5,8H,1-3,6-7H2,(H,22,23)(H4,17,18,19,20). The molecule has 1 aromatic carbocycles. The van der Waals surface area contributed by atoms with Gasteiger partial charge in [0.05, 0.1) is 11.3 Å². The first kappa shape index (κ1) is 15.8. The number of guanidine groups is 2. The third-order valence-electron chi connectivity index (χ3n) is 4.29. The molecule has 1 aliphatic carbocycles. The van der Waals surface area contributed by atoms with E-state index in [1.807, 2.05) is 4.90 Å². The number of halogens is 1. The molecule has 5 N–H and O–H groups in total. The lowest BCUT2D eigenvalue weighted by atomic mass is 9.87. The van der Waals surface area contributed by atoms with Crippen LogP contribution in [0.25, 0.3) is 0 Å². The summed E-state index contributed by atoms with van der Waals surface area (Å²) in [6, 6.07) is 4.82. The van der Waals surface area contributed by atoms with Crippen LogP contribution in [0.1, 0.15) is 42.5 Å². The minimum Gasteiger partial charge on any atom is -0.478 e. The monoisotopic (exact) mass is 379 g/mol. The minimum atomic E-state index is -0.994. The van der Waals surface area contributed by atoms with E-state index in [9.17, 15) is 9.90 Å². The van der Waals surface area contributed by atoms with Crippen LogP contribution in [0.3, 0.4) is 0 Å². The maximum Gasteiger partial charge on any atom is 0.335 e. The Kier molecular flexibility index (Phi) is 4.01. The molecule has 1 fully saturated rings. The zero-order valence-electron chi connectivity index (χ0n) is 12.5. The summed E-state index contributed by atoms with van der Waals surface area (Å²) in [5.74, 6) is -0.583. The van der Waals surface area contributed by atoms with Gasteiger partial charge in [-0.2, -0.15) is 4.99 Å². The second kappa shape index (κ2) is 5.84. The smallest absolute Gasteiger partial charge is 0.335 e. The summed E-state index contributed by atoms with van der Waals surface area (Å²) >= 11 is 3.48. The number of rotatable bonds is 2. The maximum absolute atomic E-state index is 11.3. The van der Waals surface area contributed by atoms with Crippen LogP contribution in [0.15, 0.2) is 32.7 Å². The third-order valence-corrected chi connectivity index (χ3v) is 4.96. The Balaban J connectivity index is 2.14. The number of carbonyl (C=O) groups is 1. The fraction of sp³-hybridized carbons (Fsp3) is 0.400. The molecule has 0 saturated heterocycles. The molecule has 0 atom stereocenters. The van der Waals surface area contributed by atoms with Gasteiger partial charge in [-0.15, -0.1) is 0 Å². The van der Waals surface area contributed by atoms with Crippen molar-refractivity contribution in [1.29, 1.82) is 0 Å². The highest BCUT2D eigenvalue weighted by molar-refractivity contribution is 9.10. The van der Waals surface area contributed by atoms with E-state index < -0.39 is 11.6 Å². The molecule has 2 aliphatic rings. The molecule has 1 saturated carbocycles. The number of anilines is 1. The van der Waals surface area contributed by atoms with Crippen molar-refractivity contribution in [2.45, 2.75) is 37.8 Å². The lowest BCUT2D eigenvalue weighted by molar-refractivity contribution is 0.0697. The highest BCUT2D eigenvalue weighted by atomic mass is 79.9. The van der Waals surface area contributed by atoms with Gasteiger partial charge in [0.2, 0.25) is 11.9 Å². The van der Waals surface area contributed by atoms with Crippen molar-refractivity contribution in [3.05, 3.63) is 28.2 Å². The zero-order chi connectivity index (χ0) is 16.6. The highest BCUT2D eigenvalue weighted by Crippen LogP contribution is 2.42. The van der Waals surface area contributed by atoms with Gasteiger partial charge in [-0.3, -0.25) is 4.90 Å². The number of nitrogens with two attached hydrogens (primary N) is 2. The first-order valence-corrected chi connectivity index (χ1v) is 8.25. The van der Waals surface area contributed by atoms with Crippen molar-refractivity contribution in [3.8, 4) is 0 Å². The topological polar surface area (TPSA) is 117 Å². The second-order valence-electron chi connectivity index (χ2n) is 5.79. The Morgan fingerprint density at radius 1 is 1.26 bits per heavy atom. The van der Waals surface area contributed by atoms with Crippen LogP contribution in [-0.2, 0) is 0 Å². The van der Waals surface area contributed by atoms with Gasteiger partial charge in [0, 0.05) is 4.47 Å². The van der Waals surface area contributed by atoms with Crippen molar-refractivity contribution in [2.24, 2.45) is 21.5 Å². The largest absolute Gasteiger partial charge is 0.478 e. The lowest BCUT2D eigenvalue weighted by Crippen LogP contribution is -2.58. The van der Waals surface area contributed by atoms with Crippen LogP contribution >= 0.6 is 15.9 Å². The fourth-order valence-corrected chi connectivity index (χ4v) is 3.71. The predicted molar refractivity (Wildman–Crippen MR) is 92.6 cm³/mol. The number of nitrogens with zero attached hydrogens (tertiary/aromatic N) is 3. The number of hydrogen-bond donors (Lipinski definition) is 3. The van der Waals surface area contributed by atoms with E-state index in [2.05, 4.69) is 25.9 Å². The average molecular weight is 380 g/mol. The first-order valence-electron chi connectivity index (χ1n) is 7.45. The van der Waals surface area contributed by atoms with Crippen molar-refractivity contribution < 1.29 is 9.90 Å². The van der Waals surface area contributed by atoms with Gasteiger partial charge in [0.15, 0.2) is 0 Å². The Morgan fingerprint density at radius 3 is 2.61 bits per heavy atom. The lowest BCUT2D eigenvalue weighted by Gasteiger charge is -2.46. The molecular weight excluding hydrogens is 362 g/mol. The number of aliphatic imine (C=N–C) groups is 2. The van der Waals surface area contributed by atoms with Crippen molar-refractivity contribution >= 4 is 39.5 Å². The van der Waals surface area contributed by atoms with Gasteiger partial charge in [0.1, 0.15) is 5.66 Å². The Morgan fingerprint density at radius 2 is 1.96 bits per heavy atom. The van der Waals surface area contributed by atoms with Crippen molar-refractivity contribution in [2.75, 3.05) is 4.90 Å². The molecule has 1 spiro atoms. The van der Waals surface area contributed by atoms with E-state index in [0.29, 0.717) is 5.69 Å². The van der Waals surface area contributed by atoms with Gasteiger partial charge >= 0.3 is 5.97 Å². The van der Waals surface area contributed by atoms with E-state index in [0.717, 1.165) is 36.6 Å². The van der Waals surface area contributed by atoms with Crippen LogP contribution in [0.5, 0.6) is 0 Å². The molecule has 0 bridgehead atoms. The summed E-state index contributed by atoms with van der Waals surface area (Å²) in [5.41, 5.74) is 12.2. The summed E-state index contributed by atoms with van der Waals surface area (Å²) < 4.78 is 0.737. The van der Waals surface area contributed by atoms with E-state index in [1.54, 1.807) is 18.2 Å². The molecule has 0 radical (unpaired) electrons. The van der Waals surface area contributed by atoms with E-state index in [1.165, 1.54) is 0 Å². The van der Waals surface area contributed by atoms with Gasteiger partial charge in [0.25, 0.3) is 0 Å². The van der Waals surface area contributed by atoms with Gasteiger partial charge in [-0.25, -0.2) is 9.79 Å². The maximum atomic E-state index is 11.3. The molecular formula is C15H18BrN5O2. The van der Waals surface area contributed by atoms with Gasteiger partial charge in [-0.1, -0.05) is 6.42 Å². The van der Waals surface area contributed by atoms with E-state index >= 15 is 0 Å². The zero-order valence-corrected chi connectivity index (χ0v) is 14.1. The number of benzene rings is 1. The summed E-state index contributed by atoms with van der Waals surface area (Å²) in [6.45, 7) is 0.